The molecule has 0 radical (unpaired) electrons. The Balaban J connectivity index is 1.70. The smallest absolute Gasteiger partial charge is 0.410 e. The zero-order valence-corrected chi connectivity index (χ0v) is 13.9. The van der Waals surface area contributed by atoms with Gasteiger partial charge in [0.2, 0.25) is 0 Å². The SMILES string of the molecule is CC(C)(C)OC(=O)N1CC2C(C1)C2(C)c1cccc([N+](=O)[O-])c1. The second-order valence-corrected chi connectivity index (χ2v) is 7.69. The minimum Gasteiger partial charge on any atom is -0.444 e. The van der Waals surface area contributed by atoms with Crippen molar-refractivity contribution in [2.45, 2.75) is 38.7 Å². The Bertz CT molecular complexity index is 653. The molecule has 2 aliphatic rings. The Morgan fingerprint density at radius 3 is 2.48 bits per heavy atom. The molecule has 2 atom stereocenters. The van der Waals surface area contributed by atoms with Crippen LogP contribution in [-0.4, -0.2) is 34.6 Å². The highest BCUT2D eigenvalue weighted by atomic mass is 16.6. The van der Waals surface area contributed by atoms with Gasteiger partial charge in [0.25, 0.3) is 5.69 Å². The van der Waals surface area contributed by atoms with Gasteiger partial charge < -0.3 is 9.64 Å². The lowest BCUT2D eigenvalue weighted by Crippen LogP contribution is -2.38. The number of amides is 1. The van der Waals surface area contributed by atoms with Crippen molar-refractivity contribution >= 4 is 11.8 Å². The van der Waals surface area contributed by atoms with Crippen LogP contribution in [0, 0.1) is 22.0 Å². The summed E-state index contributed by atoms with van der Waals surface area (Å²) in [6.45, 7) is 9.00. The summed E-state index contributed by atoms with van der Waals surface area (Å²) in [7, 11) is 0. The number of nitro groups is 1. The predicted molar refractivity (Wildman–Crippen MR) is 85.2 cm³/mol. The van der Waals surface area contributed by atoms with Crippen molar-refractivity contribution < 1.29 is 14.5 Å². The number of non-ortho nitro benzene ring substituents is 1. The van der Waals surface area contributed by atoms with E-state index in [1.54, 1.807) is 17.0 Å². The second-order valence-electron chi connectivity index (χ2n) is 7.69. The van der Waals surface area contributed by atoms with Gasteiger partial charge in [0, 0.05) is 30.6 Å². The summed E-state index contributed by atoms with van der Waals surface area (Å²) < 4.78 is 5.41. The molecule has 1 saturated carbocycles. The van der Waals surface area contributed by atoms with Gasteiger partial charge in [0.1, 0.15) is 5.60 Å². The third-order valence-electron chi connectivity index (χ3n) is 5.08. The molecule has 1 saturated heterocycles. The molecule has 1 aromatic carbocycles. The van der Waals surface area contributed by atoms with Crippen LogP contribution in [0.2, 0.25) is 0 Å². The molecule has 3 rings (SSSR count). The fraction of sp³-hybridized carbons (Fsp3) is 0.588. The van der Waals surface area contributed by atoms with E-state index in [2.05, 4.69) is 6.92 Å². The molecule has 0 bridgehead atoms. The number of rotatable bonds is 2. The summed E-state index contributed by atoms with van der Waals surface area (Å²) in [4.78, 5) is 24.5. The fourth-order valence-electron chi connectivity index (χ4n) is 3.74. The number of nitro benzene ring substituents is 1. The van der Waals surface area contributed by atoms with Crippen molar-refractivity contribution in [2.24, 2.45) is 11.8 Å². The van der Waals surface area contributed by atoms with Crippen molar-refractivity contribution in [2.75, 3.05) is 13.1 Å². The molecular formula is C17H22N2O4. The summed E-state index contributed by atoms with van der Waals surface area (Å²) >= 11 is 0. The minimum atomic E-state index is -0.493. The molecular weight excluding hydrogens is 296 g/mol. The molecule has 0 aromatic heterocycles. The fourth-order valence-corrected chi connectivity index (χ4v) is 3.74. The van der Waals surface area contributed by atoms with E-state index in [1.807, 2.05) is 26.8 Å². The lowest BCUT2D eigenvalue weighted by atomic mass is 9.92. The highest BCUT2D eigenvalue weighted by Crippen LogP contribution is 2.63. The molecule has 6 heteroatoms. The highest BCUT2D eigenvalue weighted by Gasteiger charge is 2.66. The first-order chi connectivity index (χ1) is 10.6. The summed E-state index contributed by atoms with van der Waals surface area (Å²) in [6, 6.07) is 6.86. The molecule has 1 aromatic rings. The summed E-state index contributed by atoms with van der Waals surface area (Å²) in [5, 5.41) is 11.0. The number of carbonyl (C=O) groups is 1. The highest BCUT2D eigenvalue weighted by molar-refractivity contribution is 5.69. The first-order valence-corrected chi connectivity index (χ1v) is 7.86. The van der Waals surface area contributed by atoms with Gasteiger partial charge in [-0.25, -0.2) is 4.79 Å². The van der Waals surface area contributed by atoms with Gasteiger partial charge >= 0.3 is 6.09 Å². The second kappa shape index (κ2) is 4.94. The van der Waals surface area contributed by atoms with Crippen LogP contribution >= 0.6 is 0 Å². The molecule has 1 aliphatic carbocycles. The van der Waals surface area contributed by atoms with Crippen LogP contribution in [-0.2, 0) is 10.2 Å². The lowest BCUT2D eigenvalue weighted by molar-refractivity contribution is -0.384. The minimum absolute atomic E-state index is 0.0788. The van der Waals surface area contributed by atoms with E-state index >= 15 is 0 Å². The Morgan fingerprint density at radius 2 is 1.96 bits per heavy atom. The molecule has 1 amide bonds. The third-order valence-corrected chi connectivity index (χ3v) is 5.08. The number of piperidine rings is 1. The standard InChI is InChI=1S/C17H22N2O4/c1-16(2,3)23-15(20)18-9-13-14(10-18)17(13,4)11-6-5-7-12(8-11)19(21)22/h5-8,13-14H,9-10H2,1-4H3. The average molecular weight is 318 g/mol. The molecule has 0 N–H and O–H groups in total. The maximum absolute atomic E-state index is 12.1. The Morgan fingerprint density at radius 1 is 1.35 bits per heavy atom. The van der Waals surface area contributed by atoms with Crippen LogP contribution in [0.3, 0.4) is 0 Å². The van der Waals surface area contributed by atoms with Gasteiger partial charge in [-0.15, -0.1) is 0 Å². The monoisotopic (exact) mass is 318 g/mol. The first kappa shape index (κ1) is 15.8. The van der Waals surface area contributed by atoms with E-state index in [4.69, 9.17) is 4.74 Å². The zero-order valence-electron chi connectivity index (χ0n) is 13.9. The van der Waals surface area contributed by atoms with Crippen molar-refractivity contribution in [1.82, 2.24) is 4.90 Å². The topological polar surface area (TPSA) is 72.7 Å². The Hall–Kier alpha value is -2.11. The lowest BCUT2D eigenvalue weighted by Gasteiger charge is -2.28. The average Bonchev–Trinajstić information content (AvgIpc) is 2.85. The first-order valence-electron chi connectivity index (χ1n) is 7.86. The van der Waals surface area contributed by atoms with Crippen LogP contribution < -0.4 is 0 Å². The van der Waals surface area contributed by atoms with E-state index in [9.17, 15) is 14.9 Å². The van der Waals surface area contributed by atoms with Gasteiger partial charge in [-0.1, -0.05) is 19.1 Å². The van der Waals surface area contributed by atoms with Gasteiger partial charge in [-0.05, 0) is 38.2 Å². The molecule has 6 nitrogen and oxygen atoms in total. The molecule has 2 fully saturated rings. The van der Waals surface area contributed by atoms with Crippen molar-refractivity contribution in [3.63, 3.8) is 0 Å². The quantitative estimate of drug-likeness (QED) is 0.619. The van der Waals surface area contributed by atoms with Crippen LogP contribution in [0.1, 0.15) is 33.3 Å². The molecule has 0 spiro atoms. The van der Waals surface area contributed by atoms with Crippen LogP contribution in [0.25, 0.3) is 0 Å². The van der Waals surface area contributed by atoms with E-state index < -0.39 is 5.60 Å². The largest absolute Gasteiger partial charge is 0.444 e. The van der Waals surface area contributed by atoms with Gasteiger partial charge in [-0.3, -0.25) is 10.1 Å². The Labute approximate surface area is 135 Å². The van der Waals surface area contributed by atoms with E-state index in [0.29, 0.717) is 24.9 Å². The number of benzene rings is 1. The number of hydrogen-bond acceptors (Lipinski definition) is 4. The molecule has 1 aliphatic heterocycles. The van der Waals surface area contributed by atoms with E-state index in [-0.39, 0.29) is 22.1 Å². The maximum atomic E-state index is 12.1. The van der Waals surface area contributed by atoms with Crippen LogP contribution in [0.5, 0.6) is 0 Å². The number of ether oxygens (including phenoxy) is 1. The summed E-state index contributed by atoms with van der Waals surface area (Å²) in [5.74, 6) is 0.689. The number of carbonyl (C=O) groups excluding carboxylic acids is 1. The molecule has 2 unspecified atom stereocenters. The zero-order chi connectivity index (χ0) is 17.0. The van der Waals surface area contributed by atoms with Gasteiger partial charge in [-0.2, -0.15) is 0 Å². The number of nitrogens with zero attached hydrogens (tertiary/aromatic N) is 2. The van der Waals surface area contributed by atoms with Crippen LogP contribution in [0.15, 0.2) is 24.3 Å². The maximum Gasteiger partial charge on any atom is 0.410 e. The normalized spacial score (nSPS) is 29.1. The van der Waals surface area contributed by atoms with Crippen molar-refractivity contribution in [1.29, 1.82) is 0 Å². The third kappa shape index (κ3) is 2.66. The van der Waals surface area contributed by atoms with E-state index in [1.165, 1.54) is 6.07 Å². The van der Waals surface area contributed by atoms with Gasteiger partial charge in [0.05, 0.1) is 4.92 Å². The van der Waals surface area contributed by atoms with Gasteiger partial charge in [0.15, 0.2) is 0 Å². The summed E-state index contributed by atoms with van der Waals surface area (Å²) in [5.41, 5.74) is 0.542. The number of likely N-dealkylation sites (tertiary alicyclic amines) is 1. The predicted octanol–water partition coefficient (Wildman–Crippen LogP) is 3.35. The summed E-state index contributed by atoms with van der Waals surface area (Å²) in [6.07, 6.45) is -0.272. The van der Waals surface area contributed by atoms with Crippen molar-refractivity contribution in [3.8, 4) is 0 Å². The molecule has 124 valence electrons. The number of fused-ring (bicyclic) bond motifs is 1. The van der Waals surface area contributed by atoms with E-state index in [0.717, 1.165) is 5.56 Å². The number of hydrogen-bond donors (Lipinski definition) is 0. The van der Waals surface area contributed by atoms with Crippen LogP contribution in [0.4, 0.5) is 10.5 Å². The molecule has 23 heavy (non-hydrogen) atoms. The van der Waals surface area contributed by atoms with Crippen molar-refractivity contribution in [3.05, 3.63) is 39.9 Å². The molecule has 1 heterocycles. The Kier molecular flexibility index (Phi) is 3.39.